The average Bonchev–Trinajstić information content (AvgIpc) is 2.46. The molecule has 0 aromatic heterocycles. The van der Waals surface area contributed by atoms with Crippen LogP contribution in [-0.4, -0.2) is 0 Å². The van der Waals surface area contributed by atoms with Gasteiger partial charge in [0.25, 0.3) is 0 Å². The third kappa shape index (κ3) is 7.76. The van der Waals surface area contributed by atoms with Gasteiger partial charge in [0.1, 0.15) is 11.7 Å². The molecule has 0 amide bonds. The highest BCUT2D eigenvalue weighted by Crippen LogP contribution is 2.29. The summed E-state index contributed by atoms with van der Waals surface area (Å²) in [6.07, 6.45) is 6.58. The highest BCUT2D eigenvalue weighted by Gasteiger charge is 2.13. The molecule has 0 saturated carbocycles. The van der Waals surface area contributed by atoms with Gasteiger partial charge in [0, 0.05) is 5.57 Å². The second-order valence-electron chi connectivity index (χ2n) is 5.05. The van der Waals surface area contributed by atoms with E-state index in [2.05, 4.69) is 6.58 Å². The number of rotatable bonds is 4. The van der Waals surface area contributed by atoms with Crippen molar-refractivity contribution in [3.8, 4) is 0 Å². The van der Waals surface area contributed by atoms with E-state index in [9.17, 15) is 8.78 Å². The van der Waals surface area contributed by atoms with E-state index < -0.39 is 0 Å². The number of hydrogen-bond donors (Lipinski definition) is 0. The van der Waals surface area contributed by atoms with Crippen LogP contribution in [0.2, 0.25) is 0 Å². The standard InChI is InChI=1S/C13H18F2.C4H8/c1-3-5-6-11-12(14)8-7-10(4-2)9-13(11)15;1-4(2)3/h8-9H,3-7H2,1-2H3;1H2,2-3H3. The Morgan fingerprint density at radius 2 is 1.84 bits per heavy atom. The maximum Gasteiger partial charge on any atom is 0.129 e. The first-order chi connectivity index (χ1) is 8.92. The van der Waals surface area contributed by atoms with E-state index in [0.717, 1.165) is 24.8 Å². The van der Waals surface area contributed by atoms with Crippen LogP contribution in [0.25, 0.3) is 0 Å². The summed E-state index contributed by atoms with van der Waals surface area (Å²) in [4.78, 5) is 0. The third-order valence-electron chi connectivity index (χ3n) is 2.69. The van der Waals surface area contributed by atoms with Gasteiger partial charge in [0.05, 0.1) is 0 Å². The van der Waals surface area contributed by atoms with Gasteiger partial charge in [-0.05, 0) is 51.7 Å². The van der Waals surface area contributed by atoms with Gasteiger partial charge < -0.3 is 0 Å². The Morgan fingerprint density at radius 3 is 2.32 bits per heavy atom. The fourth-order valence-corrected chi connectivity index (χ4v) is 1.62. The van der Waals surface area contributed by atoms with Crippen molar-refractivity contribution in [3.63, 3.8) is 0 Å². The Balaban J connectivity index is 0.000000711. The molecule has 0 heterocycles. The highest BCUT2D eigenvalue weighted by molar-refractivity contribution is 5.38. The molecule has 0 nitrogen and oxygen atoms in total. The van der Waals surface area contributed by atoms with E-state index >= 15 is 0 Å². The molecule has 0 bridgehead atoms. The van der Waals surface area contributed by atoms with E-state index in [-0.39, 0.29) is 17.2 Å². The summed E-state index contributed by atoms with van der Waals surface area (Å²) >= 11 is 0. The zero-order valence-corrected chi connectivity index (χ0v) is 12.7. The molecule has 0 aromatic carbocycles. The van der Waals surface area contributed by atoms with Gasteiger partial charge in [0.15, 0.2) is 0 Å². The van der Waals surface area contributed by atoms with Gasteiger partial charge in [-0.1, -0.05) is 31.4 Å². The van der Waals surface area contributed by atoms with Crippen LogP contribution in [0.1, 0.15) is 59.8 Å². The van der Waals surface area contributed by atoms with Crippen molar-refractivity contribution in [2.45, 2.75) is 59.8 Å². The SMILES string of the molecule is C=C(C)C.CCCCC1=C(F)C=C(CC)CC=C1F. The van der Waals surface area contributed by atoms with Gasteiger partial charge in [-0.2, -0.15) is 0 Å². The molecule has 1 aliphatic carbocycles. The molecule has 1 rings (SSSR count). The quantitative estimate of drug-likeness (QED) is 0.505. The van der Waals surface area contributed by atoms with Crippen LogP contribution < -0.4 is 0 Å². The summed E-state index contributed by atoms with van der Waals surface area (Å²) in [5, 5.41) is 0. The molecule has 0 N–H and O–H groups in total. The molecule has 0 spiro atoms. The van der Waals surface area contributed by atoms with Crippen molar-refractivity contribution in [3.05, 3.63) is 47.1 Å². The Labute approximate surface area is 116 Å². The highest BCUT2D eigenvalue weighted by atomic mass is 19.1. The van der Waals surface area contributed by atoms with E-state index in [1.54, 1.807) is 0 Å². The Bertz CT molecular complexity index is 380. The summed E-state index contributed by atoms with van der Waals surface area (Å²) in [5.74, 6) is -0.757. The van der Waals surface area contributed by atoms with E-state index in [1.165, 1.54) is 17.7 Å². The molecule has 0 saturated heterocycles. The van der Waals surface area contributed by atoms with Gasteiger partial charge in [-0.25, -0.2) is 8.78 Å². The number of unbranched alkanes of at least 4 members (excludes halogenated alkanes) is 1. The Hall–Kier alpha value is -1.18. The zero-order valence-electron chi connectivity index (χ0n) is 12.7. The summed E-state index contributed by atoms with van der Waals surface area (Å²) in [5.41, 5.74) is 2.37. The van der Waals surface area contributed by atoms with Crippen molar-refractivity contribution in [1.29, 1.82) is 0 Å². The van der Waals surface area contributed by atoms with Crippen molar-refractivity contribution in [2.24, 2.45) is 0 Å². The molecule has 0 radical (unpaired) electrons. The molecule has 0 atom stereocenters. The van der Waals surface area contributed by atoms with Crippen molar-refractivity contribution in [2.75, 3.05) is 0 Å². The molecular weight excluding hydrogens is 242 g/mol. The first kappa shape index (κ1) is 17.8. The van der Waals surface area contributed by atoms with Gasteiger partial charge >= 0.3 is 0 Å². The Morgan fingerprint density at radius 1 is 1.26 bits per heavy atom. The maximum atomic E-state index is 13.6. The van der Waals surface area contributed by atoms with Crippen LogP contribution in [0, 0.1) is 0 Å². The van der Waals surface area contributed by atoms with E-state index in [0.29, 0.717) is 12.8 Å². The molecule has 108 valence electrons. The van der Waals surface area contributed by atoms with Crippen LogP contribution in [0.5, 0.6) is 0 Å². The predicted octanol–water partition coefficient (Wildman–Crippen LogP) is 6.58. The minimum absolute atomic E-state index is 0.250. The van der Waals surface area contributed by atoms with Crippen LogP contribution >= 0.6 is 0 Å². The molecule has 19 heavy (non-hydrogen) atoms. The third-order valence-corrected chi connectivity index (χ3v) is 2.69. The predicted molar refractivity (Wildman–Crippen MR) is 80.3 cm³/mol. The average molecular weight is 268 g/mol. The fraction of sp³-hybridized carbons (Fsp3) is 0.529. The van der Waals surface area contributed by atoms with Crippen LogP contribution in [-0.2, 0) is 0 Å². The number of allylic oxidation sites excluding steroid dienone is 7. The molecule has 1 aliphatic rings. The lowest BCUT2D eigenvalue weighted by Crippen LogP contribution is -1.87. The molecule has 0 unspecified atom stereocenters. The van der Waals surface area contributed by atoms with Crippen molar-refractivity contribution < 1.29 is 8.78 Å². The molecule has 2 heteroatoms. The summed E-state index contributed by atoms with van der Waals surface area (Å²) in [6, 6.07) is 0. The van der Waals surface area contributed by atoms with Crippen LogP contribution in [0.4, 0.5) is 8.78 Å². The van der Waals surface area contributed by atoms with Gasteiger partial charge in [-0.15, -0.1) is 6.58 Å². The number of halogens is 2. The largest absolute Gasteiger partial charge is 0.207 e. The maximum absolute atomic E-state index is 13.6. The topological polar surface area (TPSA) is 0 Å². The van der Waals surface area contributed by atoms with E-state index in [4.69, 9.17) is 0 Å². The minimum atomic E-state index is -0.383. The Kier molecular flexibility index (Phi) is 9.11. The lowest BCUT2D eigenvalue weighted by molar-refractivity contribution is 0.588. The number of hydrogen-bond acceptors (Lipinski definition) is 0. The van der Waals surface area contributed by atoms with Gasteiger partial charge in [-0.3, -0.25) is 0 Å². The van der Waals surface area contributed by atoms with Crippen molar-refractivity contribution >= 4 is 0 Å². The summed E-state index contributed by atoms with van der Waals surface area (Å²) < 4.78 is 27.2. The van der Waals surface area contributed by atoms with Gasteiger partial charge in [0.2, 0.25) is 0 Å². The summed E-state index contributed by atoms with van der Waals surface area (Å²) in [6.45, 7) is 11.5. The second kappa shape index (κ2) is 9.71. The normalized spacial score (nSPS) is 15.1. The molecule has 0 aliphatic heterocycles. The zero-order chi connectivity index (χ0) is 14.8. The van der Waals surface area contributed by atoms with E-state index in [1.807, 2.05) is 27.7 Å². The lowest BCUT2D eigenvalue weighted by atomic mass is 10.1. The molecular formula is C17H26F2. The van der Waals surface area contributed by atoms with Crippen LogP contribution in [0.3, 0.4) is 0 Å². The second-order valence-corrected chi connectivity index (χ2v) is 5.05. The first-order valence-electron chi connectivity index (χ1n) is 6.98. The minimum Gasteiger partial charge on any atom is -0.207 e. The van der Waals surface area contributed by atoms with Crippen molar-refractivity contribution in [1.82, 2.24) is 0 Å². The fourth-order valence-electron chi connectivity index (χ4n) is 1.62. The molecule has 0 fully saturated rings. The summed E-state index contributed by atoms with van der Waals surface area (Å²) in [7, 11) is 0. The monoisotopic (exact) mass is 268 g/mol. The molecule has 0 aromatic rings. The smallest absolute Gasteiger partial charge is 0.129 e. The lowest BCUT2D eigenvalue weighted by Gasteiger charge is -2.03. The van der Waals surface area contributed by atoms with Crippen LogP contribution in [0.15, 0.2) is 47.1 Å². The first-order valence-corrected chi connectivity index (χ1v) is 6.98.